The lowest BCUT2D eigenvalue weighted by atomic mass is 10.0. The molecule has 3 unspecified atom stereocenters. The molecular weight excluding hydrogens is 446 g/mol. The molecule has 1 aromatic heterocycles. The number of fused-ring (bicyclic) bond motifs is 1. The van der Waals surface area contributed by atoms with Gasteiger partial charge in [0.25, 0.3) is 0 Å². The highest BCUT2D eigenvalue weighted by atomic mass is 16.4. The number of carbonyl (C=O) groups excluding carboxylic acids is 3. The van der Waals surface area contributed by atoms with Crippen LogP contribution in [0.25, 0.3) is 10.9 Å². The first-order valence-electron chi connectivity index (χ1n) is 10.8. The number of hydrogen-bond donors (Lipinski definition) is 6. The molecule has 12 nitrogen and oxygen atoms in total. The second kappa shape index (κ2) is 10.8. The van der Waals surface area contributed by atoms with Crippen molar-refractivity contribution in [2.24, 2.45) is 5.73 Å². The Morgan fingerprint density at radius 3 is 2.59 bits per heavy atom. The van der Waals surface area contributed by atoms with Crippen molar-refractivity contribution in [3.8, 4) is 0 Å². The summed E-state index contributed by atoms with van der Waals surface area (Å²) in [7, 11) is 0. The number of amides is 3. The van der Waals surface area contributed by atoms with E-state index in [2.05, 4.69) is 15.6 Å². The van der Waals surface area contributed by atoms with Gasteiger partial charge in [0.15, 0.2) is 0 Å². The van der Waals surface area contributed by atoms with Crippen molar-refractivity contribution in [3.63, 3.8) is 0 Å². The third-order valence-corrected chi connectivity index (χ3v) is 5.70. The van der Waals surface area contributed by atoms with Crippen LogP contribution in [0.3, 0.4) is 0 Å². The monoisotopic (exact) mass is 473 g/mol. The summed E-state index contributed by atoms with van der Waals surface area (Å²) < 4.78 is 0. The third-order valence-electron chi connectivity index (χ3n) is 5.70. The highest BCUT2D eigenvalue weighted by Crippen LogP contribution is 2.20. The van der Waals surface area contributed by atoms with E-state index in [1.165, 1.54) is 4.90 Å². The van der Waals surface area contributed by atoms with Crippen LogP contribution in [-0.4, -0.2) is 81.0 Å². The Balaban J connectivity index is 1.68. The van der Waals surface area contributed by atoms with Gasteiger partial charge in [-0.25, -0.2) is 0 Å². The van der Waals surface area contributed by atoms with Crippen LogP contribution in [0.1, 0.15) is 24.8 Å². The Hall–Kier alpha value is -3.93. The van der Waals surface area contributed by atoms with Crippen LogP contribution in [-0.2, 0) is 30.4 Å². The number of nitrogens with two attached hydrogens (primary N) is 1. The van der Waals surface area contributed by atoms with Crippen molar-refractivity contribution in [1.29, 1.82) is 0 Å². The fraction of sp³-hybridized carbons (Fsp3) is 0.409. The van der Waals surface area contributed by atoms with Crippen molar-refractivity contribution in [2.45, 2.75) is 43.8 Å². The van der Waals surface area contributed by atoms with Gasteiger partial charge in [-0.2, -0.15) is 0 Å². The van der Waals surface area contributed by atoms with Crippen LogP contribution in [0, 0.1) is 0 Å². The second-order valence-electron chi connectivity index (χ2n) is 8.13. The number of nitrogens with zero attached hydrogens (tertiary/aromatic N) is 1. The van der Waals surface area contributed by atoms with Gasteiger partial charge in [-0.3, -0.25) is 24.0 Å². The minimum Gasteiger partial charge on any atom is -0.481 e. The largest absolute Gasteiger partial charge is 0.481 e. The first-order valence-corrected chi connectivity index (χ1v) is 10.8. The molecule has 1 fully saturated rings. The molecule has 0 aliphatic carbocycles. The summed E-state index contributed by atoms with van der Waals surface area (Å²) in [5, 5.41) is 23.6. The summed E-state index contributed by atoms with van der Waals surface area (Å²) in [6.07, 6.45) is 1.98. The van der Waals surface area contributed by atoms with Crippen LogP contribution >= 0.6 is 0 Å². The van der Waals surface area contributed by atoms with Gasteiger partial charge in [-0.1, -0.05) is 18.2 Å². The molecule has 12 heteroatoms. The Kier molecular flexibility index (Phi) is 7.84. The molecule has 3 amide bonds. The van der Waals surface area contributed by atoms with E-state index in [1.54, 1.807) is 6.20 Å². The van der Waals surface area contributed by atoms with Crippen LogP contribution in [0.4, 0.5) is 0 Å². The van der Waals surface area contributed by atoms with Crippen LogP contribution in [0.2, 0.25) is 0 Å². The molecule has 3 atom stereocenters. The number of carboxylic acid groups (broad SMARTS) is 2. The first-order chi connectivity index (χ1) is 16.2. The Morgan fingerprint density at radius 1 is 1.15 bits per heavy atom. The molecule has 2 aromatic rings. The van der Waals surface area contributed by atoms with E-state index in [4.69, 9.17) is 10.8 Å². The fourth-order valence-corrected chi connectivity index (χ4v) is 4.07. The van der Waals surface area contributed by atoms with Crippen LogP contribution in [0.5, 0.6) is 0 Å². The SMILES string of the molecule is NC(Cc1c[nH]c2ccccc12)C(=O)NC(CC(=O)O)C(=O)N1CCCC1C(=O)NCC(=O)O. The number of rotatable bonds is 10. The number of aliphatic carboxylic acids is 2. The molecule has 1 aromatic carbocycles. The zero-order valence-corrected chi connectivity index (χ0v) is 18.3. The van der Waals surface area contributed by atoms with Gasteiger partial charge in [0, 0.05) is 23.6 Å². The van der Waals surface area contributed by atoms with Gasteiger partial charge in [-0.15, -0.1) is 0 Å². The number of para-hydroxylation sites is 1. The maximum Gasteiger partial charge on any atom is 0.322 e. The highest BCUT2D eigenvalue weighted by molar-refractivity contribution is 5.96. The summed E-state index contributed by atoms with van der Waals surface area (Å²) in [6, 6.07) is 4.07. The minimum atomic E-state index is -1.42. The lowest BCUT2D eigenvalue weighted by molar-refractivity contribution is -0.146. The van der Waals surface area contributed by atoms with Gasteiger partial charge in [-0.05, 0) is 30.9 Å². The quantitative estimate of drug-likeness (QED) is 0.258. The normalized spacial score (nSPS) is 17.2. The predicted octanol–water partition coefficient (Wildman–Crippen LogP) is -0.811. The van der Waals surface area contributed by atoms with E-state index in [0.29, 0.717) is 12.8 Å². The Morgan fingerprint density at radius 2 is 1.88 bits per heavy atom. The fourth-order valence-electron chi connectivity index (χ4n) is 4.07. The third kappa shape index (κ3) is 5.90. The number of hydrogen-bond acceptors (Lipinski definition) is 6. The number of nitrogens with one attached hydrogen (secondary N) is 3. The van der Waals surface area contributed by atoms with Crippen molar-refractivity contribution in [2.75, 3.05) is 13.1 Å². The average Bonchev–Trinajstić information content (AvgIpc) is 3.44. The van der Waals surface area contributed by atoms with E-state index >= 15 is 0 Å². The molecule has 0 saturated carbocycles. The van der Waals surface area contributed by atoms with Crippen LogP contribution < -0.4 is 16.4 Å². The molecule has 1 aliphatic rings. The molecule has 7 N–H and O–H groups in total. The summed E-state index contributed by atoms with van der Waals surface area (Å²) in [5.41, 5.74) is 7.74. The number of aromatic nitrogens is 1. The maximum atomic E-state index is 13.1. The van der Waals surface area contributed by atoms with Crippen molar-refractivity contribution in [3.05, 3.63) is 36.0 Å². The molecule has 2 heterocycles. The highest BCUT2D eigenvalue weighted by Gasteiger charge is 2.38. The van der Waals surface area contributed by atoms with Gasteiger partial charge in [0.2, 0.25) is 17.7 Å². The van der Waals surface area contributed by atoms with Crippen molar-refractivity contribution in [1.82, 2.24) is 20.5 Å². The number of aromatic amines is 1. The number of likely N-dealkylation sites (tertiary alicyclic amines) is 1. The van der Waals surface area contributed by atoms with E-state index in [1.807, 2.05) is 24.3 Å². The van der Waals surface area contributed by atoms with Crippen molar-refractivity contribution >= 4 is 40.6 Å². The summed E-state index contributed by atoms with van der Waals surface area (Å²) >= 11 is 0. The molecule has 182 valence electrons. The first kappa shape index (κ1) is 24.7. The standard InChI is InChI=1S/C22H27N5O7/c23-14(8-12-10-24-15-5-2-1-4-13(12)15)20(32)26-16(9-18(28)29)22(34)27-7-3-6-17(27)21(33)25-11-19(30)31/h1-2,4-5,10,14,16-17,24H,3,6-9,11,23H2,(H,25,33)(H,26,32)(H,28,29)(H,30,31). The maximum absolute atomic E-state index is 13.1. The van der Waals surface area contributed by atoms with E-state index in [0.717, 1.165) is 16.5 Å². The number of benzene rings is 1. The van der Waals surface area contributed by atoms with Crippen molar-refractivity contribution < 1.29 is 34.2 Å². The molecule has 0 radical (unpaired) electrons. The summed E-state index contributed by atoms with van der Waals surface area (Å²) in [5.74, 6) is -4.62. The number of carbonyl (C=O) groups is 5. The smallest absolute Gasteiger partial charge is 0.322 e. The Bertz CT molecular complexity index is 1100. The van der Waals surface area contributed by atoms with Gasteiger partial charge < -0.3 is 36.5 Å². The molecular formula is C22H27N5O7. The number of H-pyrrole nitrogens is 1. The lowest BCUT2D eigenvalue weighted by Crippen LogP contribution is -2.56. The predicted molar refractivity (Wildman–Crippen MR) is 120 cm³/mol. The lowest BCUT2D eigenvalue weighted by Gasteiger charge is -2.28. The minimum absolute atomic E-state index is 0.160. The van der Waals surface area contributed by atoms with E-state index in [-0.39, 0.29) is 13.0 Å². The second-order valence-corrected chi connectivity index (χ2v) is 8.13. The zero-order valence-electron chi connectivity index (χ0n) is 18.3. The molecule has 1 saturated heterocycles. The molecule has 0 bridgehead atoms. The van der Waals surface area contributed by atoms with Gasteiger partial charge in [0.1, 0.15) is 18.6 Å². The number of carboxylic acids is 2. The van der Waals surface area contributed by atoms with E-state index < -0.39 is 60.8 Å². The summed E-state index contributed by atoms with van der Waals surface area (Å²) in [4.78, 5) is 64.5. The summed E-state index contributed by atoms with van der Waals surface area (Å²) in [6.45, 7) is -0.424. The Labute approximate surface area is 194 Å². The van der Waals surface area contributed by atoms with Gasteiger partial charge in [0.05, 0.1) is 12.5 Å². The molecule has 3 rings (SSSR count). The van der Waals surface area contributed by atoms with E-state index in [9.17, 15) is 29.1 Å². The zero-order chi connectivity index (χ0) is 24.8. The molecule has 0 spiro atoms. The van der Waals surface area contributed by atoms with Crippen LogP contribution in [0.15, 0.2) is 30.5 Å². The average molecular weight is 473 g/mol. The molecule has 34 heavy (non-hydrogen) atoms. The van der Waals surface area contributed by atoms with Gasteiger partial charge >= 0.3 is 11.9 Å². The molecule has 1 aliphatic heterocycles. The topological polar surface area (TPSA) is 195 Å².